The maximum Gasteiger partial charge on any atom is 0.238 e. The van der Waals surface area contributed by atoms with Gasteiger partial charge in [-0.2, -0.15) is 11.8 Å². The summed E-state index contributed by atoms with van der Waals surface area (Å²) >= 11 is 1.77. The number of hydrogen-bond acceptors (Lipinski definition) is 5. The summed E-state index contributed by atoms with van der Waals surface area (Å²) in [5.41, 5.74) is 0.148. The van der Waals surface area contributed by atoms with Crippen LogP contribution in [0.15, 0.2) is 16.3 Å². The summed E-state index contributed by atoms with van der Waals surface area (Å²) in [6.45, 7) is 5.76. The summed E-state index contributed by atoms with van der Waals surface area (Å²) in [5, 5.41) is 0.376. The number of dihydropyridines is 1. The van der Waals surface area contributed by atoms with Crippen LogP contribution in [0.3, 0.4) is 0 Å². The first-order valence-corrected chi connectivity index (χ1v) is 7.54. The predicted molar refractivity (Wildman–Crippen MR) is 78.6 cm³/mol. The van der Waals surface area contributed by atoms with Gasteiger partial charge in [-0.1, -0.05) is 20.8 Å². The zero-order valence-corrected chi connectivity index (χ0v) is 12.6. The van der Waals surface area contributed by atoms with E-state index in [9.17, 15) is 14.4 Å². The minimum Gasteiger partial charge on any atom is -0.298 e. The van der Waals surface area contributed by atoms with E-state index in [2.05, 4.69) is 4.99 Å². The molecule has 0 aliphatic carbocycles. The lowest BCUT2D eigenvalue weighted by atomic mass is 9.91. The Kier molecular flexibility index (Phi) is 4.13. The minimum atomic E-state index is -0.697. The van der Waals surface area contributed by atoms with Crippen molar-refractivity contribution in [3.05, 3.63) is 11.3 Å². The average molecular weight is 294 g/mol. The number of thioether (sulfide) groups is 1. The highest BCUT2D eigenvalue weighted by molar-refractivity contribution is 8.06. The molecule has 2 amide bonds. The molecule has 0 spiro atoms. The van der Waals surface area contributed by atoms with E-state index in [1.54, 1.807) is 32.5 Å². The van der Waals surface area contributed by atoms with E-state index in [1.165, 1.54) is 6.21 Å². The van der Waals surface area contributed by atoms with Crippen LogP contribution in [0.4, 0.5) is 0 Å². The zero-order chi connectivity index (χ0) is 14.9. The highest BCUT2D eigenvalue weighted by Crippen LogP contribution is 2.41. The molecule has 1 saturated heterocycles. The van der Waals surface area contributed by atoms with Crippen molar-refractivity contribution >= 4 is 36.6 Å². The van der Waals surface area contributed by atoms with Gasteiger partial charge in [0, 0.05) is 40.7 Å². The van der Waals surface area contributed by atoms with Crippen molar-refractivity contribution in [3.8, 4) is 0 Å². The molecule has 2 rings (SSSR count). The number of rotatable bonds is 4. The van der Waals surface area contributed by atoms with Gasteiger partial charge in [-0.15, -0.1) is 0 Å². The molecular weight excluding hydrogens is 276 g/mol. The van der Waals surface area contributed by atoms with E-state index in [4.69, 9.17) is 0 Å². The van der Waals surface area contributed by atoms with Gasteiger partial charge in [0.1, 0.15) is 6.29 Å². The molecule has 108 valence electrons. The lowest BCUT2D eigenvalue weighted by Crippen LogP contribution is -2.40. The predicted octanol–water partition coefficient (Wildman–Crippen LogP) is 1.29. The number of imide groups is 1. The summed E-state index contributed by atoms with van der Waals surface area (Å²) in [4.78, 5) is 40.3. The maximum absolute atomic E-state index is 12.3. The topological polar surface area (TPSA) is 66.8 Å². The van der Waals surface area contributed by atoms with Crippen molar-refractivity contribution in [2.75, 3.05) is 12.3 Å². The average Bonchev–Trinajstić information content (AvgIpc) is 3.22. The fourth-order valence-electron chi connectivity index (χ4n) is 2.15. The van der Waals surface area contributed by atoms with Crippen LogP contribution < -0.4 is 0 Å². The van der Waals surface area contributed by atoms with Crippen LogP contribution in [0.1, 0.15) is 20.8 Å². The Bertz CT molecular complexity index is 501. The number of aliphatic imine (C=N–C) groups is 1. The number of nitrogens with zero attached hydrogens (tertiary/aromatic N) is 2. The van der Waals surface area contributed by atoms with E-state index in [0.29, 0.717) is 29.5 Å². The lowest BCUT2D eigenvalue weighted by Gasteiger charge is -2.29. The second-order valence-electron chi connectivity index (χ2n) is 5.96. The van der Waals surface area contributed by atoms with Crippen LogP contribution in [0.2, 0.25) is 0 Å². The van der Waals surface area contributed by atoms with Gasteiger partial charge in [-0.3, -0.25) is 24.3 Å². The van der Waals surface area contributed by atoms with Crippen molar-refractivity contribution in [2.45, 2.75) is 26.0 Å². The number of carbonyl (C=O) groups is 3. The van der Waals surface area contributed by atoms with E-state index < -0.39 is 5.41 Å². The lowest BCUT2D eigenvalue weighted by molar-refractivity contribution is -0.141. The first-order valence-electron chi connectivity index (χ1n) is 6.50. The van der Waals surface area contributed by atoms with Crippen LogP contribution in [0.25, 0.3) is 0 Å². The van der Waals surface area contributed by atoms with E-state index in [-0.39, 0.29) is 11.8 Å². The van der Waals surface area contributed by atoms with Gasteiger partial charge in [0.15, 0.2) is 0 Å². The molecule has 0 radical (unpaired) electrons. The van der Waals surface area contributed by atoms with E-state index in [1.807, 2.05) is 0 Å². The Balaban J connectivity index is 2.39. The molecule has 0 aromatic rings. The summed E-state index contributed by atoms with van der Waals surface area (Å²) in [5.74, 6) is 0.671. The second-order valence-corrected chi connectivity index (χ2v) is 7.23. The number of aldehydes is 1. The van der Waals surface area contributed by atoms with Crippen LogP contribution >= 0.6 is 11.8 Å². The van der Waals surface area contributed by atoms with Crippen molar-refractivity contribution in [2.24, 2.45) is 16.3 Å². The van der Waals surface area contributed by atoms with Gasteiger partial charge in [-0.25, -0.2) is 0 Å². The molecule has 2 aliphatic rings. The van der Waals surface area contributed by atoms with Crippen LogP contribution in [0.5, 0.6) is 0 Å². The standard InChI is InChI=1S/C14H18N2O3S/c1-14(2,3)13(19)16(8-18)11-5-15-4-9(10(11)6-17)12-7-20-12/h5-6,8-9,12H,4,7H2,1-3H3. The van der Waals surface area contributed by atoms with Crippen molar-refractivity contribution in [1.82, 2.24) is 4.90 Å². The highest BCUT2D eigenvalue weighted by Gasteiger charge is 2.39. The van der Waals surface area contributed by atoms with Crippen LogP contribution in [-0.4, -0.2) is 47.3 Å². The largest absolute Gasteiger partial charge is 0.298 e. The first kappa shape index (κ1) is 15.0. The van der Waals surface area contributed by atoms with Gasteiger partial charge in [0.05, 0.1) is 5.70 Å². The molecule has 0 aromatic heterocycles. The summed E-state index contributed by atoms with van der Waals surface area (Å²) in [6.07, 6.45) is 2.70. The monoisotopic (exact) mass is 294 g/mol. The van der Waals surface area contributed by atoms with Gasteiger partial charge in [0.25, 0.3) is 0 Å². The molecular formula is C14H18N2O3S. The van der Waals surface area contributed by atoms with Gasteiger partial charge >= 0.3 is 0 Å². The van der Waals surface area contributed by atoms with Crippen molar-refractivity contribution in [1.29, 1.82) is 0 Å². The molecule has 0 bridgehead atoms. The van der Waals surface area contributed by atoms with Crippen molar-refractivity contribution in [3.63, 3.8) is 0 Å². The molecule has 2 atom stereocenters. The fraction of sp³-hybridized carbons (Fsp3) is 0.571. The van der Waals surface area contributed by atoms with Crippen LogP contribution in [-0.2, 0) is 14.4 Å². The van der Waals surface area contributed by atoms with Crippen molar-refractivity contribution < 1.29 is 14.4 Å². The SMILES string of the molecule is CC(C)(C)C(=O)N(C=O)C1=C(C=O)C(C2CS2)CN=C1. The Labute approximate surface area is 122 Å². The van der Waals surface area contributed by atoms with Gasteiger partial charge in [0.2, 0.25) is 12.3 Å². The first-order chi connectivity index (χ1) is 9.40. The Morgan fingerprint density at radius 2 is 2.10 bits per heavy atom. The number of amides is 2. The Hall–Kier alpha value is -1.43. The molecule has 20 heavy (non-hydrogen) atoms. The smallest absolute Gasteiger partial charge is 0.238 e. The Morgan fingerprint density at radius 1 is 1.45 bits per heavy atom. The molecule has 0 N–H and O–H groups in total. The molecule has 2 heterocycles. The fourth-order valence-corrected chi connectivity index (χ4v) is 2.95. The third-order valence-corrected chi connectivity index (χ3v) is 4.42. The third kappa shape index (κ3) is 2.85. The van der Waals surface area contributed by atoms with Gasteiger partial charge in [-0.05, 0) is 0 Å². The highest BCUT2D eigenvalue weighted by atomic mass is 32.2. The summed E-state index contributed by atoms with van der Waals surface area (Å²) in [6, 6.07) is 0. The van der Waals surface area contributed by atoms with Gasteiger partial charge < -0.3 is 0 Å². The molecule has 5 nitrogen and oxygen atoms in total. The number of allylic oxidation sites excluding steroid dienone is 1. The third-order valence-electron chi connectivity index (χ3n) is 3.37. The molecule has 1 fully saturated rings. The Morgan fingerprint density at radius 3 is 2.55 bits per heavy atom. The normalized spacial score (nSPS) is 25.4. The molecule has 6 heteroatoms. The molecule has 2 unspecified atom stereocenters. The summed E-state index contributed by atoms with van der Waals surface area (Å²) in [7, 11) is 0. The number of carbonyl (C=O) groups excluding carboxylic acids is 3. The molecule has 0 saturated carbocycles. The zero-order valence-electron chi connectivity index (χ0n) is 11.8. The molecule has 0 aromatic carbocycles. The van der Waals surface area contributed by atoms with Crippen LogP contribution in [0, 0.1) is 11.3 Å². The van der Waals surface area contributed by atoms with E-state index >= 15 is 0 Å². The quantitative estimate of drug-likeness (QED) is 0.579. The van der Waals surface area contributed by atoms with E-state index in [0.717, 1.165) is 16.9 Å². The molecule has 2 aliphatic heterocycles. The second kappa shape index (κ2) is 5.52. The summed E-state index contributed by atoms with van der Waals surface area (Å²) < 4.78 is 0. The maximum atomic E-state index is 12.3. The number of hydrogen-bond donors (Lipinski definition) is 0. The minimum absolute atomic E-state index is 0.00715.